The quantitative estimate of drug-likeness (QED) is 0.301. The minimum atomic E-state index is -3.28. The van der Waals surface area contributed by atoms with Gasteiger partial charge in [0.15, 0.2) is 0 Å². The SMILES string of the molecule is CCOP(OCC)C(F)(F)c1sc2ccc(NC(=O)Nc3ccccc3)cc2c1Br. The van der Waals surface area contributed by atoms with E-state index in [1.54, 1.807) is 44.2 Å². The fraction of sp³-hybridized carbons (Fsp3) is 0.250. The van der Waals surface area contributed by atoms with Crippen molar-refractivity contribution in [3.63, 3.8) is 0 Å². The number of hydrogen-bond acceptors (Lipinski definition) is 4. The smallest absolute Gasteiger partial charge is 0.330 e. The highest BCUT2D eigenvalue weighted by atomic mass is 79.9. The molecule has 0 atom stereocenters. The van der Waals surface area contributed by atoms with E-state index < -0.39 is 20.1 Å². The van der Waals surface area contributed by atoms with Crippen LogP contribution in [0.1, 0.15) is 18.7 Å². The molecule has 3 rings (SSSR count). The molecule has 1 heterocycles. The molecule has 0 aliphatic carbocycles. The van der Waals surface area contributed by atoms with E-state index in [1.165, 1.54) is 0 Å². The van der Waals surface area contributed by atoms with Crippen LogP contribution in [0.2, 0.25) is 0 Å². The van der Waals surface area contributed by atoms with Crippen molar-refractivity contribution in [1.29, 1.82) is 0 Å². The molecule has 2 amide bonds. The molecule has 10 heteroatoms. The number of para-hydroxylation sites is 1. The molecule has 3 aromatic rings. The molecule has 0 radical (unpaired) electrons. The number of amides is 2. The molecule has 0 spiro atoms. The number of carbonyl (C=O) groups is 1. The zero-order chi connectivity index (χ0) is 21.7. The summed E-state index contributed by atoms with van der Waals surface area (Å²) in [7, 11) is -2.42. The van der Waals surface area contributed by atoms with Crippen molar-refractivity contribution in [1.82, 2.24) is 0 Å². The third kappa shape index (κ3) is 5.15. The van der Waals surface area contributed by atoms with Crippen LogP contribution in [0.25, 0.3) is 10.1 Å². The van der Waals surface area contributed by atoms with E-state index in [-0.39, 0.29) is 22.6 Å². The van der Waals surface area contributed by atoms with E-state index in [1.807, 2.05) is 18.2 Å². The fourth-order valence-corrected chi connectivity index (χ4v) is 6.23. The van der Waals surface area contributed by atoms with Gasteiger partial charge < -0.3 is 19.7 Å². The number of nitrogens with one attached hydrogen (secondary N) is 2. The monoisotopic (exact) mass is 516 g/mol. The summed E-state index contributed by atoms with van der Waals surface area (Å²) in [5.74, 6) is 0. The highest BCUT2D eigenvalue weighted by Gasteiger charge is 2.47. The lowest BCUT2D eigenvalue weighted by Crippen LogP contribution is -2.19. The molecule has 0 unspecified atom stereocenters. The van der Waals surface area contributed by atoms with Crippen molar-refractivity contribution in [2.75, 3.05) is 23.8 Å². The van der Waals surface area contributed by atoms with Crippen LogP contribution < -0.4 is 10.6 Å². The minimum Gasteiger partial charge on any atom is -0.330 e. The first-order chi connectivity index (χ1) is 14.4. The Kier molecular flexibility index (Phi) is 7.76. The van der Waals surface area contributed by atoms with Crippen molar-refractivity contribution in [2.45, 2.75) is 19.5 Å². The number of benzene rings is 2. The van der Waals surface area contributed by atoms with E-state index >= 15 is 8.78 Å². The van der Waals surface area contributed by atoms with Crippen LogP contribution >= 0.6 is 35.6 Å². The van der Waals surface area contributed by atoms with Crippen LogP contribution in [0.5, 0.6) is 0 Å². The Morgan fingerprint density at radius 1 is 1.07 bits per heavy atom. The second-order valence-electron chi connectivity index (χ2n) is 6.04. The summed E-state index contributed by atoms with van der Waals surface area (Å²) in [6, 6.07) is 13.6. The zero-order valence-corrected chi connectivity index (χ0v) is 19.5. The van der Waals surface area contributed by atoms with Gasteiger partial charge in [-0.15, -0.1) is 11.3 Å². The standard InChI is InChI=1S/C20H20BrF2N2O3PS/c1-3-27-29(28-4-2)20(22,23)18-17(21)15-12-14(10-11-16(15)30-18)25-19(26)24-13-8-6-5-7-9-13/h5-12H,3-4H2,1-2H3,(H2,24,25,26). The summed E-state index contributed by atoms with van der Waals surface area (Å²) >= 11 is 4.29. The number of halogens is 3. The number of anilines is 2. The molecule has 1 aromatic heterocycles. The average Bonchev–Trinajstić information content (AvgIpc) is 3.05. The predicted octanol–water partition coefficient (Wildman–Crippen LogP) is 7.74. The first-order valence-corrected chi connectivity index (χ1v) is 11.9. The third-order valence-electron chi connectivity index (χ3n) is 3.91. The first kappa shape index (κ1) is 23.0. The normalized spacial score (nSPS) is 11.8. The van der Waals surface area contributed by atoms with Crippen molar-refractivity contribution in [3.05, 3.63) is 57.9 Å². The molecular weight excluding hydrogens is 497 g/mol. The lowest BCUT2D eigenvalue weighted by molar-refractivity contribution is 0.0600. The molecule has 160 valence electrons. The summed E-state index contributed by atoms with van der Waals surface area (Å²) in [5, 5.41) is 6.02. The van der Waals surface area contributed by atoms with Crippen LogP contribution in [0.4, 0.5) is 25.0 Å². The molecule has 0 bridgehead atoms. The first-order valence-electron chi connectivity index (χ1n) is 9.16. The highest BCUT2D eigenvalue weighted by Crippen LogP contribution is 2.63. The van der Waals surface area contributed by atoms with Crippen molar-refractivity contribution < 1.29 is 22.6 Å². The number of urea groups is 1. The van der Waals surface area contributed by atoms with Gasteiger partial charge in [-0.3, -0.25) is 0 Å². The van der Waals surface area contributed by atoms with Crippen molar-refractivity contribution in [2.24, 2.45) is 0 Å². The van der Waals surface area contributed by atoms with Gasteiger partial charge in [0.05, 0.1) is 18.1 Å². The van der Waals surface area contributed by atoms with Gasteiger partial charge in [0, 0.05) is 25.9 Å². The van der Waals surface area contributed by atoms with Gasteiger partial charge in [0.1, 0.15) is 0 Å². The fourth-order valence-electron chi connectivity index (χ4n) is 2.67. The zero-order valence-electron chi connectivity index (χ0n) is 16.2. The Labute approximate surface area is 186 Å². The Morgan fingerprint density at radius 2 is 1.70 bits per heavy atom. The topological polar surface area (TPSA) is 59.6 Å². The molecule has 0 aliphatic heterocycles. The Hall–Kier alpha value is -1.64. The van der Waals surface area contributed by atoms with Crippen LogP contribution in [-0.4, -0.2) is 19.2 Å². The van der Waals surface area contributed by atoms with E-state index in [9.17, 15) is 4.79 Å². The van der Waals surface area contributed by atoms with Crippen LogP contribution in [0.3, 0.4) is 0 Å². The summed E-state index contributed by atoms with van der Waals surface area (Å²) in [4.78, 5) is 12.1. The Bertz CT molecular complexity index is 1010. The molecule has 2 N–H and O–H groups in total. The molecular formula is C20H20BrF2N2O3PS. The van der Waals surface area contributed by atoms with Crippen LogP contribution in [-0.2, 0) is 14.7 Å². The van der Waals surface area contributed by atoms with Gasteiger partial charge in [-0.2, -0.15) is 8.78 Å². The number of alkyl halides is 2. The third-order valence-corrected chi connectivity index (χ3v) is 8.06. The second-order valence-corrected chi connectivity index (χ2v) is 9.47. The minimum absolute atomic E-state index is 0.133. The number of thiophene rings is 1. The van der Waals surface area contributed by atoms with E-state index in [0.29, 0.717) is 21.5 Å². The van der Waals surface area contributed by atoms with Crippen LogP contribution in [0, 0.1) is 0 Å². The van der Waals surface area contributed by atoms with Crippen LogP contribution in [0.15, 0.2) is 53.0 Å². The van der Waals surface area contributed by atoms with Gasteiger partial charge in [0.2, 0.25) is 0 Å². The summed E-state index contributed by atoms with van der Waals surface area (Å²) < 4.78 is 41.6. The maximum Gasteiger partial charge on any atom is 0.349 e. The summed E-state index contributed by atoms with van der Waals surface area (Å²) in [6.45, 7) is 3.58. The average molecular weight is 517 g/mol. The van der Waals surface area contributed by atoms with Gasteiger partial charge in [-0.1, -0.05) is 18.2 Å². The molecule has 2 aromatic carbocycles. The Balaban J connectivity index is 1.85. The molecule has 0 aliphatic rings. The molecule has 0 saturated carbocycles. The lowest BCUT2D eigenvalue weighted by atomic mass is 10.2. The number of hydrogen-bond donors (Lipinski definition) is 2. The maximum absolute atomic E-state index is 15.1. The van der Waals surface area contributed by atoms with Gasteiger partial charge >= 0.3 is 11.7 Å². The highest BCUT2D eigenvalue weighted by molar-refractivity contribution is 9.10. The molecule has 0 saturated heterocycles. The maximum atomic E-state index is 15.1. The largest absolute Gasteiger partial charge is 0.349 e. The van der Waals surface area contributed by atoms with Gasteiger partial charge in [0.25, 0.3) is 8.38 Å². The lowest BCUT2D eigenvalue weighted by Gasteiger charge is -2.24. The number of rotatable bonds is 8. The van der Waals surface area contributed by atoms with E-state index in [0.717, 1.165) is 11.3 Å². The van der Waals surface area contributed by atoms with Crippen molar-refractivity contribution >= 4 is 63.1 Å². The van der Waals surface area contributed by atoms with Gasteiger partial charge in [-0.05, 0) is 60.1 Å². The number of fused-ring (bicyclic) bond motifs is 1. The van der Waals surface area contributed by atoms with Gasteiger partial charge in [-0.25, -0.2) is 4.79 Å². The summed E-state index contributed by atoms with van der Waals surface area (Å²) in [6.07, 6.45) is 0. The van der Waals surface area contributed by atoms with Crippen molar-refractivity contribution in [3.8, 4) is 0 Å². The summed E-state index contributed by atoms with van der Waals surface area (Å²) in [5.41, 5.74) is -2.14. The van der Waals surface area contributed by atoms with E-state index in [2.05, 4.69) is 26.6 Å². The predicted molar refractivity (Wildman–Crippen MR) is 123 cm³/mol. The molecule has 5 nitrogen and oxygen atoms in total. The van der Waals surface area contributed by atoms with E-state index in [4.69, 9.17) is 9.05 Å². The molecule has 30 heavy (non-hydrogen) atoms. The molecule has 0 fully saturated rings. The second kappa shape index (κ2) is 10.1. The Morgan fingerprint density at radius 3 is 2.33 bits per heavy atom. The number of carbonyl (C=O) groups excluding carboxylic acids is 1.